The van der Waals surface area contributed by atoms with Crippen LogP contribution in [-0.4, -0.2) is 17.7 Å². The van der Waals surface area contributed by atoms with Crippen molar-refractivity contribution in [2.24, 2.45) is 0 Å². The third-order valence-electron chi connectivity index (χ3n) is 1.54. The Labute approximate surface area is 93.6 Å². The number of aromatic hydroxyl groups is 1. The van der Waals surface area contributed by atoms with Crippen molar-refractivity contribution < 1.29 is 31.7 Å². The molecule has 1 N–H and O–H groups in total. The maximum atomic E-state index is 11.2. The van der Waals surface area contributed by atoms with Crippen molar-refractivity contribution in [3.05, 3.63) is 29.8 Å². The fraction of sp³-hybridized carbons (Fsp3) is 0.300. The number of carbonyl (C=O) groups is 1. The first kappa shape index (κ1) is 13.0. The standard InChI is InChI=1S/C10H12O3.Cu/c1-2-7-13-10(12)8-3-5-9(11)6-4-8;/h3-6,11H,2,7H2,1H3;. The van der Waals surface area contributed by atoms with Gasteiger partial charge in [-0.3, -0.25) is 0 Å². The largest absolute Gasteiger partial charge is 0.508 e. The quantitative estimate of drug-likeness (QED) is 0.652. The van der Waals surface area contributed by atoms with Crippen LogP contribution >= 0.6 is 0 Å². The van der Waals surface area contributed by atoms with E-state index in [9.17, 15) is 4.79 Å². The zero-order chi connectivity index (χ0) is 9.68. The predicted octanol–water partition coefficient (Wildman–Crippen LogP) is 1.96. The van der Waals surface area contributed by atoms with Gasteiger partial charge in [-0.1, -0.05) is 6.92 Å². The monoisotopic (exact) mass is 243 g/mol. The molecule has 0 spiro atoms. The number of phenolic OH excluding ortho intramolecular Hbond substituents is 1. The minimum atomic E-state index is -0.346. The molecular weight excluding hydrogens is 232 g/mol. The van der Waals surface area contributed by atoms with Gasteiger partial charge in [0.15, 0.2) is 0 Å². The number of ether oxygens (including phenoxy) is 1. The Morgan fingerprint density at radius 2 is 1.93 bits per heavy atom. The van der Waals surface area contributed by atoms with Crippen molar-refractivity contribution in [1.82, 2.24) is 0 Å². The Morgan fingerprint density at radius 1 is 1.36 bits per heavy atom. The molecule has 0 saturated heterocycles. The molecule has 1 radical (unpaired) electrons. The van der Waals surface area contributed by atoms with Gasteiger partial charge in [0, 0.05) is 17.1 Å². The van der Waals surface area contributed by atoms with Crippen molar-refractivity contribution in [2.75, 3.05) is 6.61 Å². The fourth-order valence-electron chi connectivity index (χ4n) is 0.876. The van der Waals surface area contributed by atoms with Crippen LogP contribution in [0.5, 0.6) is 5.75 Å². The molecular formula is C10H12CuO3. The summed E-state index contributed by atoms with van der Waals surface area (Å²) in [5, 5.41) is 8.96. The van der Waals surface area contributed by atoms with E-state index in [4.69, 9.17) is 9.84 Å². The third kappa shape index (κ3) is 3.81. The first-order valence-corrected chi connectivity index (χ1v) is 4.20. The van der Waals surface area contributed by atoms with E-state index in [1.807, 2.05) is 6.92 Å². The first-order chi connectivity index (χ1) is 6.24. The number of carbonyl (C=O) groups excluding carboxylic acids is 1. The van der Waals surface area contributed by atoms with Crippen LogP contribution in [0.1, 0.15) is 23.7 Å². The summed E-state index contributed by atoms with van der Waals surface area (Å²) >= 11 is 0. The number of phenols is 1. The minimum absolute atomic E-state index is 0. The molecule has 0 aliphatic carbocycles. The van der Waals surface area contributed by atoms with Gasteiger partial charge < -0.3 is 9.84 Å². The van der Waals surface area contributed by atoms with E-state index in [2.05, 4.69) is 0 Å². The molecule has 4 heteroatoms. The van der Waals surface area contributed by atoms with Gasteiger partial charge in [0.1, 0.15) is 5.75 Å². The number of rotatable bonds is 3. The zero-order valence-electron chi connectivity index (χ0n) is 7.79. The van der Waals surface area contributed by atoms with Gasteiger partial charge in [0.05, 0.1) is 12.2 Å². The second kappa shape index (κ2) is 6.46. The molecule has 0 aliphatic heterocycles. The van der Waals surface area contributed by atoms with Gasteiger partial charge in [0.2, 0.25) is 0 Å². The van der Waals surface area contributed by atoms with Crippen LogP contribution in [0.15, 0.2) is 24.3 Å². The van der Waals surface area contributed by atoms with Crippen molar-refractivity contribution >= 4 is 5.97 Å². The topological polar surface area (TPSA) is 46.5 Å². The van der Waals surface area contributed by atoms with E-state index in [-0.39, 0.29) is 28.8 Å². The summed E-state index contributed by atoms with van der Waals surface area (Å²) in [5.41, 5.74) is 0.464. The maximum absolute atomic E-state index is 11.2. The molecule has 0 aromatic heterocycles. The SMILES string of the molecule is CCCOC(=O)c1ccc(O)cc1.[Cu]. The fourth-order valence-corrected chi connectivity index (χ4v) is 0.876. The number of hydrogen-bond donors (Lipinski definition) is 1. The summed E-state index contributed by atoms with van der Waals surface area (Å²) in [7, 11) is 0. The Balaban J connectivity index is 0.00000169. The first-order valence-electron chi connectivity index (χ1n) is 4.20. The Morgan fingerprint density at radius 3 is 2.43 bits per heavy atom. The third-order valence-corrected chi connectivity index (χ3v) is 1.54. The smallest absolute Gasteiger partial charge is 0.338 e. The van der Waals surface area contributed by atoms with Gasteiger partial charge in [0.25, 0.3) is 0 Å². The van der Waals surface area contributed by atoms with Crippen LogP contribution in [0, 0.1) is 0 Å². The maximum Gasteiger partial charge on any atom is 0.338 e. The van der Waals surface area contributed by atoms with Crippen molar-refractivity contribution in [1.29, 1.82) is 0 Å². The van der Waals surface area contributed by atoms with Gasteiger partial charge in [-0.05, 0) is 30.7 Å². The molecule has 0 bridgehead atoms. The van der Waals surface area contributed by atoms with Gasteiger partial charge in [-0.25, -0.2) is 4.79 Å². The second-order valence-electron chi connectivity index (χ2n) is 2.68. The number of esters is 1. The molecule has 1 aromatic rings. The van der Waals surface area contributed by atoms with Crippen LogP contribution in [0.25, 0.3) is 0 Å². The molecule has 0 heterocycles. The summed E-state index contributed by atoms with van der Waals surface area (Å²) in [4.78, 5) is 11.2. The van der Waals surface area contributed by atoms with Gasteiger partial charge in [-0.15, -0.1) is 0 Å². The van der Waals surface area contributed by atoms with E-state index >= 15 is 0 Å². The summed E-state index contributed by atoms with van der Waals surface area (Å²) in [5.74, 6) is -0.200. The van der Waals surface area contributed by atoms with Gasteiger partial charge >= 0.3 is 5.97 Å². The molecule has 0 atom stereocenters. The Bertz CT molecular complexity index is 282. The molecule has 0 unspecified atom stereocenters. The molecule has 14 heavy (non-hydrogen) atoms. The molecule has 3 nitrogen and oxygen atoms in total. The average Bonchev–Trinajstić information content (AvgIpc) is 2.15. The van der Waals surface area contributed by atoms with E-state index in [1.54, 1.807) is 0 Å². The molecule has 0 fully saturated rings. The van der Waals surface area contributed by atoms with Crippen LogP contribution in [0.2, 0.25) is 0 Å². The zero-order valence-corrected chi connectivity index (χ0v) is 8.73. The molecule has 1 rings (SSSR count). The normalized spacial score (nSPS) is 8.93. The number of benzene rings is 1. The van der Waals surface area contributed by atoms with Crippen LogP contribution in [0.4, 0.5) is 0 Å². The van der Waals surface area contributed by atoms with E-state index in [0.717, 1.165) is 6.42 Å². The molecule has 0 aliphatic rings. The minimum Gasteiger partial charge on any atom is -0.508 e. The van der Waals surface area contributed by atoms with Crippen molar-refractivity contribution in [3.8, 4) is 5.75 Å². The molecule has 1 aromatic carbocycles. The van der Waals surface area contributed by atoms with E-state index < -0.39 is 0 Å². The van der Waals surface area contributed by atoms with Crippen LogP contribution in [0.3, 0.4) is 0 Å². The van der Waals surface area contributed by atoms with Crippen molar-refractivity contribution in [2.45, 2.75) is 13.3 Å². The van der Waals surface area contributed by atoms with Gasteiger partial charge in [-0.2, -0.15) is 0 Å². The van der Waals surface area contributed by atoms with Crippen molar-refractivity contribution in [3.63, 3.8) is 0 Å². The average molecular weight is 244 g/mol. The Kier molecular flexibility index (Phi) is 6.00. The molecule has 0 saturated carbocycles. The van der Waals surface area contributed by atoms with Crippen LogP contribution < -0.4 is 0 Å². The number of hydrogen-bond acceptors (Lipinski definition) is 3. The van der Waals surface area contributed by atoms with Crippen LogP contribution in [-0.2, 0) is 21.8 Å². The summed E-state index contributed by atoms with van der Waals surface area (Å²) in [6.45, 7) is 2.36. The Hall–Kier alpha value is -0.991. The summed E-state index contributed by atoms with van der Waals surface area (Å²) in [6.07, 6.45) is 0.809. The second-order valence-corrected chi connectivity index (χ2v) is 2.68. The molecule has 81 valence electrons. The molecule has 0 amide bonds. The summed E-state index contributed by atoms with van der Waals surface area (Å²) < 4.78 is 4.90. The van der Waals surface area contributed by atoms with E-state index in [0.29, 0.717) is 12.2 Å². The summed E-state index contributed by atoms with van der Waals surface area (Å²) in [6, 6.07) is 5.99. The van der Waals surface area contributed by atoms with E-state index in [1.165, 1.54) is 24.3 Å². The predicted molar refractivity (Wildman–Crippen MR) is 48.7 cm³/mol.